The Morgan fingerprint density at radius 3 is 2.77 bits per heavy atom. The van der Waals surface area contributed by atoms with Crippen LogP contribution in [-0.2, 0) is 9.59 Å². The lowest BCUT2D eigenvalue weighted by Crippen LogP contribution is -2.54. The van der Waals surface area contributed by atoms with Gasteiger partial charge in [-0.25, -0.2) is 9.78 Å². The van der Waals surface area contributed by atoms with Crippen LogP contribution in [-0.4, -0.2) is 46.4 Å². The van der Waals surface area contributed by atoms with Crippen LogP contribution in [0.15, 0.2) is 42.6 Å². The normalized spacial score (nSPS) is 15.2. The predicted molar refractivity (Wildman–Crippen MR) is 103 cm³/mol. The van der Waals surface area contributed by atoms with Crippen molar-refractivity contribution < 1.29 is 28.2 Å². The van der Waals surface area contributed by atoms with Gasteiger partial charge in [-0.15, -0.1) is 6.58 Å². The molecule has 0 radical (unpaired) electrons. The molecule has 1 fully saturated rings. The number of ether oxygens (including phenoxy) is 2. The third-order valence-electron chi connectivity index (χ3n) is 3.89. The predicted octanol–water partition coefficient (Wildman–Crippen LogP) is 2.72. The largest absolute Gasteiger partial charge is 0.493 e. The molecule has 1 aromatic heterocycles. The second-order valence-corrected chi connectivity index (χ2v) is 6.16. The van der Waals surface area contributed by atoms with Gasteiger partial charge in [-0.1, -0.05) is 12.1 Å². The summed E-state index contributed by atoms with van der Waals surface area (Å²) in [7, 11) is 1.35. The number of nitrogens with one attached hydrogen (secondary N) is 1. The van der Waals surface area contributed by atoms with Gasteiger partial charge in [-0.3, -0.25) is 19.8 Å². The minimum Gasteiger partial charge on any atom is -0.493 e. The molecule has 2 heterocycles. The lowest BCUT2D eigenvalue weighted by atomic mass is 10.1. The lowest BCUT2D eigenvalue weighted by molar-refractivity contribution is -0.129. The molecule has 1 aliphatic heterocycles. The topological polar surface area (TPSA) is 111 Å². The average molecular weight is 433 g/mol. The molecule has 0 spiro atoms. The molecule has 1 aliphatic rings. The fourth-order valence-electron chi connectivity index (χ4n) is 2.52. The first kappa shape index (κ1) is 20.9. The van der Waals surface area contributed by atoms with Crippen LogP contribution < -0.4 is 14.8 Å². The summed E-state index contributed by atoms with van der Waals surface area (Å²) in [6.07, 6.45) is 3.51. The molecule has 3 rings (SSSR count). The molecule has 9 nitrogen and oxygen atoms in total. The van der Waals surface area contributed by atoms with Crippen LogP contribution in [0.2, 0.25) is 5.28 Å². The van der Waals surface area contributed by atoms with Gasteiger partial charge < -0.3 is 9.47 Å². The molecule has 1 aromatic carbocycles. The fraction of sp³-hybridized carbons (Fsp3) is 0.105. The second kappa shape index (κ2) is 8.70. The highest BCUT2D eigenvalue weighted by Crippen LogP contribution is 2.33. The third-order valence-corrected chi connectivity index (χ3v) is 4.07. The molecule has 0 bridgehead atoms. The van der Waals surface area contributed by atoms with Gasteiger partial charge >= 0.3 is 6.03 Å². The van der Waals surface area contributed by atoms with E-state index in [9.17, 15) is 18.8 Å². The number of halogens is 2. The number of aromatic nitrogens is 2. The Kier molecular flexibility index (Phi) is 6.07. The van der Waals surface area contributed by atoms with Crippen molar-refractivity contribution in [3.63, 3.8) is 0 Å². The Bertz CT molecular complexity index is 1090. The van der Waals surface area contributed by atoms with Crippen LogP contribution >= 0.6 is 11.6 Å². The molecule has 0 unspecified atom stereocenters. The van der Waals surface area contributed by atoms with Gasteiger partial charge in [-0.05, 0) is 35.4 Å². The van der Waals surface area contributed by atoms with E-state index in [-0.39, 0.29) is 28.9 Å². The first-order valence-electron chi connectivity index (χ1n) is 8.37. The first-order chi connectivity index (χ1) is 14.3. The number of rotatable bonds is 6. The summed E-state index contributed by atoms with van der Waals surface area (Å²) in [5.41, 5.74) is 0.146. The fourth-order valence-corrected chi connectivity index (χ4v) is 2.65. The zero-order chi connectivity index (χ0) is 21.8. The highest BCUT2D eigenvalue weighted by molar-refractivity contribution is 6.31. The van der Waals surface area contributed by atoms with Crippen LogP contribution in [0.3, 0.4) is 0 Å². The molecule has 0 atom stereocenters. The van der Waals surface area contributed by atoms with E-state index >= 15 is 0 Å². The Balaban J connectivity index is 1.93. The highest BCUT2D eigenvalue weighted by atomic mass is 35.5. The van der Waals surface area contributed by atoms with Crippen molar-refractivity contribution in [2.24, 2.45) is 0 Å². The minimum absolute atomic E-state index is 0.0571. The van der Waals surface area contributed by atoms with Crippen molar-refractivity contribution in [3.05, 3.63) is 59.3 Å². The van der Waals surface area contributed by atoms with E-state index in [2.05, 4.69) is 21.9 Å². The summed E-state index contributed by atoms with van der Waals surface area (Å²) in [6.45, 7) is 3.42. The molecule has 154 valence electrons. The summed E-state index contributed by atoms with van der Waals surface area (Å²) < 4.78 is 24.4. The Hall–Kier alpha value is -3.79. The minimum atomic E-state index is -0.831. The molecule has 0 saturated carbocycles. The van der Waals surface area contributed by atoms with E-state index in [1.54, 1.807) is 0 Å². The smallest absolute Gasteiger partial charge is 0.331 e. The van der Waals surface area contributed by atoms with E-state index in [4.69, 9.17) is 21.1 Å². The quantitative estimate of drug-likeness (QED) is 0.323. The summed E-state index contributed by atoms with van der Waals surface area (Å²) in [6, 6.07) is 3.56. The number of hydrogen-bond acceptors (Lipinski definition) is 7. The SMILES string of the molecule is C=CCN1C(=O)NC(=O)/C(=C/c2ccc(Oc3nc(Cl)ncc3F)c(OC)c2)C1=O. The lowest BCUT2D eigenvalue weighted by Gasteiger charge is -2.25. The summed E-state index contributed by atoms with van der Waals surface area (Å²) in [4.78, 5) is 44.4. The van der Waals surface area contributed by atoms with Gasteiger partial charge in [0.1, 0.15) is 5.57 Å². The molecule has 1 N–H and O–H groups in total. The molecule has 2 aromatic rings. The standard InChI is InChI=1S/C19H14ClFN4O5/c1-3-6-25-17(27)11(15(26)23-19(25)28)7-10-4-5-13(14(8-10)29-2)30-16-12(21)9-22-18(20)24-16/h3-5,7-9H,1,6H2,2H3,(H,23,26,28)/b11-7-. The number of nitrogens with zero attached hydrogens (tertiary/aromatic N) is 3. The van der Waals surface area contributed by atoms with E-state index in [0.29, 0.717) is 5.56 Å². The Morgan fingerprint density at radius 2 is 2.07 bits per heavy atom. The summed E-state index contributed by atoms with van der Waals surface area (Å²) >= 11 is 5.65. The molecular formula is C19H14ClFN4O5. The number of carbonyl (C=O) groups is 3. The molecule has 0 aliphatic carbocycles. The van der Waals surface area contributed by atoms with E-state index < -0.39 is 29.5 Å². The van der Waals surface area contributed by atoms with Gasteiger partial charge in [0, 0.05) is 6.54 Å². The molecule has 4 amide bonds. The highest BCUT2D eigenvalue weighted by Gasteiger charge is 2.34. The van der Waals surface area contributed by atoms with Crippen molar-refractivity contribution in [2.75, 3.05) is 13.7 Å². The van der Waals surface area contributed by atoms with Crippen LogP contribution in [0.4, 0.5) is 9.18 Å². The number of imide groups is 2. The van der Waals surface area contributed by atoms with E-state index in [1.807, 2.05) is 0 Å². The van der Waals surface area contributed by atoms with Crippen molar-refractivity contribution >= 4 is 35.5 Å². The van der Waals surface area contributed by atoms with Crippen molar-refractivity contribution in [1.82, 2.24) is 20.2 Å². The maximum Gasteiger partial charge on any atom is 0.331 e. The number of hydrogen-bond donors (Lipinski definition) is 1. The van der Waals surface area contributed by atoms with Crippen molar-refractivity contribution in [1.29, 1.82) is 0 Å². The maximum atomic E-state index is 13.8. The Morgan fingerprint density at radius 1 is 1.30 bits per heavy atom. The van der Waals surface area contributed by atoms with E-state index in [0.717, 1.165) is 11.1 Å². The van der Waals surface area contributed by atoms with Crippen LogP contribution in [0.1, 0.15) is 5.56 Å². The Labute approximate surface area is 174 Å². The maximum absolute atomic E-state index is 13.8. The van der Waals surface area contributed by atoms with Gasteiger partial charge in [-0.2, -0.15) is 9.37 Å². The number of amides is 4. The summed E-state index contributed by atoms with van der Waals surface area (Å²) in [5, 5.41) is 1.88. The van der Waals surface area contributed by atoms with Gasteiger partial charge in [0.15, 0.2) is 11.5 Å². The monoisotopic (exact) mass is 432 g/mol. The number of urea groups is 1. The van der Waals surface area contributed by atoms with Crippen LogP contribution in [0.25, 0.3) is 6.08 Å². The third kappa shape index (κ3) is 4.28. The number of benzene rings is 1. The molecular weight excluding hydrogens is 419 g/mol. The number of barbiturate groups is 1. The zero-order valence-corrected chi connectivity index (χ0v) is 16.3. The summed E-state index contributed by atoms with van der Waals surface area (Å²) in [5.74, 6) is -2.55. The van der Waals surface area contributed by atoms with Crippen molar-refractivity contribution in [2.45, 2.75) is 0 Å². The van der Waals surface area contributed by atoms with Gasteiger partial charge in [0.2, 0.25) is 11.1 Å². The molecule has 1 saturated heterocycles. The number of methoxy groups -OCH3 is 1. The van der Waals surface area contributed by atoms with Gasteiger partial charge in [0.25, 0.3) is 17.7 Å². The zero-order valence-electron chi connectivity index (χ0n) is 15.5. The number of carbonyl (C=O) groups excluding carboxylic acids is 3. The second-order valence-electron chi connectivity index (χ2n) is 5.83. The molecule has 30 heavy (non-hydrogen) atoms. The average Bonchev–Trinajstić information content (AvgIpc) is 2.72. The molecule has 11 heteroatoms. The van der Waals surface area contributed by atoms with Crippen LogP contribution in [0.5, 0.6) is 17.4 Å². The first-order valence-corrected chi connectivity index (χ1v) is 8.75. The van der Waals surface area contributed by atoms with Crippen LogP contribution in [0, 0.1) is 5.82 Å². The van der Waals surface area contributed by atoms with Gasteiger partial charge in [0.05, 0.1) is 13.3 Å². The van der Waals surface area contributed by atoms with E-state index in [1.165, 1.54) is 37.5 Å². The van der Waals surface area contributed by atoms with Crippen molar-refractivity contribution in [3.8, 4) is 17.4 Å².